The zero-order valence-corrected chi connectivity index (χ0v) is 66.1. The predicted molar refractivity (Wildman–Crippen MR) is 377 cm³/mol. The van der Waals surface area contributed by atoms with Gasteiger partial charge in [0.15, 0.2) is 56.7 Å². The first kappa shape index (κ1) is 98.2. The summed E-state index contributed by atoms with van der Waals surface area (Å²) in [6, 6.07) is -0.243. The number of nitrogen functional groups attached to an aromatic ring is 1. The molecule has 0 radical (unpaired) electrons. The minimum atomic E-state index is -5.28. The van der Waals surface area contributed by atoms with Crippen LogP contribution in [0.25, 0.3) is 0 Å². The van der Waals surface area contributed by atoms with Crippen molar-refractivity contribution in [3.63, 3.8) is 0 Å². The zero-order chi connectivity index (χ0) is 88.1. The van der Waals surface area contributed by atoms with Gasteiger partial charge in [-0.15, -0.1) is 0 Å². The second-order valence-electron chi connectivity index (χ2n) is 30.1. The Kier molecular flexibility index (Phi) is 34.6. The van der Waals surface area contributed by atoms with Gasteiger partial charge in [0.2, 0.25) is 18.9 Å². The number of phosphoric ester groups is 1. The van der Waals surface area contributed by atoms with Crippen molar-refractivity contribution in [2.75, 3.05) is 76.8 Å². The Labute approximate surface area is 683 Å². The highest BCUT2D eigenvalue weighted by molar-refractivity contribution is 7.99. The fraction of sp³-hybridized carbons (Fsp3) is 0.894. The quantitative estimate of drug-likeness (QED) is 0.0233. The van der Waals surface area contributed by atoms with Crippen molar-refractivity contribution in [3.05, 3.63) is 22.7 Å². The molecule has 0 aromatic carbocycles. The van der Waals surface area contributed by atoms with Gasteiger partial charge in [0.25, 0.3) is 0 Å². The molecule has 0 aliphatic carbocycles. The Morgan fingerprint density at radius 3 is 1.25 bits per heavy atom. The molecule has 0 saturated carbocycles. The molecule has 0 spiro atoms. The average Bonchev–Trinajstić information content (AvgIpc) is 1.42. The van der Waals surface area contributed by atoms with Gasteiger partial charge in [-0.3, -0.25) is 18.7 Å². The van der Waals surface area contributed by atoms with E-state index < -0.39 is 354 Å². The van der Waals surface area contributed by atoms with Crippen LogP contribution in [0.1, 0.15) is 53.2 Å². The van der Waals surface area contributed by atoms with E-state index in [1.165, 1.54) is 6.92 Å². The third-order valence-electron chi connectivity index (χ3n) is 21.5. The van der Waals surface area contributed by atoms with E-state index in [4.69, 9.17) is 81.5 Å². The first-order chi connectivity index (χ1) is 56.7. The first-order valence-corrected chi connectivity index (χ1v) is 40.7. The summed E-state index contributed by atoms with van der Waals surface area (Å²) in [5, 5.41) is 233. The summed E-state index contributed by atoms with van der Waals surface area (Å²) < 4.78 is 149. The molecule has 22 aliphatic heterocycles. The number of aliphatic hydroxyl groups excluding tert-OH is 20. The van der Waals surface area contributed by atoms with Crippen LogP contribution in [-0.4, -0.2) is 450 Å². The van der Waals surface area contributed by atoms with Gasteiger partial charge in [-0.2, -0.15) is 25.5 Å². The second kappa shape index (κ2) is 42.3. The molecule has 22 saturated heterocycles. The minimum Gasteiger partial charge on any atom is -0.454 e. The van der Waals surface area contributed by atoms with Crippen molar-refractivity contribution < 1.29 is 224 Å². The second-order valence-corrected chi connectivity index (χ2v) is 32.6. The van der Waals surface area contributed by atoms with Gasteiger partial charge < -0.3 is 204 Å². The average molecular weight is 1790 g/mol. The highest BCUT2D eigenvalue weighted by atomic mass is 32.2. The number of hydrogen-bond acceptors (Lipinski definition) is 48. The third-order valence-corrected chi connectivity index (χ3v) is 23.5. The monoisotopic (exact) mass is 1790 g/mol. The standard InChI is InChI=1S/C66H106F2N5O45PS/c1-5-22-47-33(81)40(88)56(104-22)113-48-23(11-74)106-58(42(90)35(48)83)116-51-26(14-77)109-61(45(93)38(51)86)118-53-29(110-62(46(94)39(53)87)117-52-27(15-78)108-60(44(92)37(52)85)115-50-25(13-76)107-59(43(91)36(50)84)114-49-24(12-75)105-57(112-47)41(89)34(49)82)19-120-18-21(72-65(3,4)6-2)55(96)70-9-7-31(79)100-17-32(80)101-20-103-119(98,99)102-16-28-54(95)66(67,68)63(111-28)73-10-8-30(69)71-64(73)97/h8,10,21-29,33-54,56-63,72,74-78,81-95H,5-7,9,11-20H2,1-4H3,(H,70,96)(H,98,99)(H2,69,71,97)/t21-,22?,23?,24?,25?,26?,27?,28-,29?,33-,34-,35-,36?,37?,38?,39?,40?,41?,42?,43+,44+,45+,46+,47-,48-,49-,50-,51-,52+,53+,54-,56-,57-,58-,59-,60-,61+,62+,63-/m1/s1. The molecule has 23 rings (SSSR count). The Morgan fingerprint density at radius 1 is 0.533 bits per heavy atom. The van der Waals surface area contributed by atoms with Crippen molar-refractivity contribution in [2.45, 2.75) is 298 Å². The predicted octanol–water partition coefficient (Wildman–Crippen LogP) is -13.5. The number of hydrogen-bond donors (Lipinski definition) is 24. The van der Waals surface area contributed by atoms with E-state index in [0.717, 1.165) is 24.0 Å². The number of nitrogens with one attached hydrogen (secondary N) is 2. The van der Waals surface area contributed by atoms with Crippen LogP contribution in [0.4, 0.5) is 14.6 Å². The number of halogens is 2. The normalized spacial score (nSPS) is 43.5. The van der Waals surface area contributed by atoms with Gasteiger partial charge in [0.05, 0.1) is 64.3 Å². The van der Waals surface area contributed by atoms with Gasteiger partial charge in [-0.05, 0) is 32.8 Å². The summed E-state index contributed by atoms with van der Waals surface area (Å²) in [5.74, 6) is -8.48. The number of thioether (sulfide) groups is 1. The van der Waals surface area contributed by atoms with E-state index >= 15 is 0 Å². The number of aliphatic hydroxyl groups is 20. The van der Waals surface area contributed by atoms with Crippen LogP contribution in [0.15, 0.2) is 17.1 Å². The first-order valence-electron chi connectivity index (χ1n) is 38.0. The fourth-order valence-corrected chi connectivity index (χ4v) is 16.1. The van der Waals surface area contributed by atoms with E-state index in [1.807, 2.05) is 0 Å². The van der Waals surface area contributed by atoms with Gasteiger partial charge in [-0.1, -0.05) is 13.8 Å². The number of aromatic nitrogens is 2. The Balaban J connectivity index is 0.830. The lowest BCUT2D eigenvalue weighted by Crippen LogP contribution is -2.68. The number of carbonyl (C=O) groups is 3. The molecular formula is C66H106F2N5O45PS. The topological polar surface area (TPSA) is 753 Å². The number of phosphoric acid groups is 1. The smallest absolute Gasteiger partial charge is 0.454 e. The lowest BCUT2D eigenvalue weighted by atomic mass is 9.94. The van der Waals surface area contributed by atoms with Crippen molar-refractivity contribution in [1.82, 2.24) is 20.2 Å². The largest absolute Gasteiger partial charge is 0.475 e. The summed E-state index contributed by atoms with van der Waals surface area (Å²) in [5.41, 5.74) is 3.28. The molecule has 1 aromatic rings. The molecule has 1 amide bonds. The molecule has 54 heteroatoms. The molecule has 14 bridgehead atoms. The number of carbonyl (C=O) groups excluding carboxylic acids is 3. The summed E-state index contributed by atoms with van der Waals surface area (Å²) in [6.45, 7) is -2.98. The van der Waals surface area contributed by atoms with Crippen LogP contribution in [0.2, 0.25) is 0 Å². The number of amides is 1. The number of esters is 2. The van der Waals surface area contributed by atoms with Crippen LogP contribution >= 0.6 is 19.6 Å². The number of anilines is 1. The molecule has 25 N–H and O–H groups in total. The fourth-order valence-electron chi connectivity index (χ4n) is 14.4. The van der Waals surface area contributed by atoms with E-state index in [2.05, 4.69) is 29.4 Å². The van der Waals surface area contributed by atoms with Crippen LogP contribution in [0.3, 0.4) is 0 Å². The third kappa shape index (κ3) is 22.4. The number of ether oxygens (including phenoxy) is 17. The van der Waals surface area contributed by atoms with E-state index in [1.54, 1.807) is 20.8 Å². The molecule has 22 aliphatic rings. The molecule has 22 fully saturated rings. The summed E-state index contributed by atoms with van der Waals surface area (Å²) in [7, 11) is -5.28. The van der Waals surface area contributed by atoms with Gasteiger partial charge in [0.1, 0.15) is 171 Å². The van der Waals surface area contributed by atoms with Crippen LogP contribution in [0, 0.1) is 0 Å². The minimum absolute atomic E-state index is 0.102. The SMILES string of the molecule is CCC1O[C@@H]2O[C@@H]3C(CO)O[C@H](O[C@@H]4C(CO)O[C@@H](O[C@H]5C(CSC[C@@H](NC(C)(C)CC)C(=O)NCCC(=O)OCC(=O)OCOP(=O)(O)OC[C@H]6O[C@@H](n7ccc(N)nc7=O)C(F)(F)[C@@H]6O)O[C@@H](O[C@H]6C(CO)O[C@H](O[C@@H]7C(CO)O[C@H](O[C@@H]8C(CO)O[C@H](O[C@H]1[C@H](O)C2O)C(O)[C@H]8O)[C@@H](O)C7O)[C@@H](O)C6O)[C@@H](O)C5O)[C@@H](O)C4O)C(O)[C@H]3O. The van der Waals surface area contributed by atoms with Gasteiger partial charge >= 0.3 is 31.4 Å². The zero-order valence-electron chi connectivity index (χ0n) is 64.3. The van der Waals surface area contributed by atoms with E-state index in [0.29, 0.717) is 11.0 Å². The number of rotatable bonds is 26. The Morgan fingerprint density at radius 2 is 0.892 bits per heavy atom. The van der Waals surface area contributed by atoms with Gasteiger partial charge in [0, 0.05) is 29.8 Å². The van der Waals surface area contributed by atoms with Crippen molar-refractivity contribution >= 4 is 43.2 Å². The maximum Gasteiger partial charge on any atom is 0.475 e. The molecule has 15 unspecified atom stereocenters. The molecule has 1 aromatic heterocycles. The van der Waals surface area contributed by atoms with Crippen molar-refractivity contribution in [3.8, 4) is 0 Å². The molecule has 40 atom stereocenters. The molecule has 50 nitrogen and oxygen atoms in total. The number of alkyl halides is 2. The summed E-state index contributed by atoms with van der Waals surface area (Å²) >= 11 is 0.864. The van der Waals surface area contributed by atoms with E-state index in [-0.39, 0.29) is 18.0 Å². The summed E-state index contributed by atoms with van der Waals surface area (Å²) in [6.07, 6.45) is -78.2. The van der Waals surface area contributed by atoms with Gasteiger partial charge in [-0.25, -0.2) is 18.7 Å². The number of nitrogens with zero attached hydrogens (tertiary/aromatic N) is 2. The molecular weight excluding hydrogens is 1680 g/mol. The highest BCUT2D eigenvalue weighted by Gasteiger charge is 2.63. The maximum atomic E-state index is 15.0. The Hall–Kier alpha value is -4.03. The highest BCUT2D eigenvalue weighted by Crippen LogP contribution is 2.48. The Bertz CT molecular complexity index is 3560. The van der Waals surface area contributed by atoms with E-state index in [9.17, 15) is 140 Å². The molecule has 23 heterocycles. The van der Waals surface area contributed by atoms with Crippen LogP contribution in [-0.2, 0) is 109 Å². The molecule has 690 valence electrons. The lowest BCUT2D eigenvalue weighted by molar-refractivity contribution is -0.395. The molecule has 120 heavy (non-hydrogen) atoms. The van der Waals surface area contributed by atoms with Crippen molar-refractivity contribution in [1.29, 1.82) is 0 Å². The van der Waals surface area contributed by atoms with Crippen LogP contribution in [0.5, 0.6) is 0 Å². The maximum absolute atomic E-state index is 15.0. The lowest BCUT2D eigenvalue weighted by Gasteiger charge is -2.50. The van der Waals surface area contributed by atoms with Crippen LogP contribution < -0.4 is 22.1 Å². The van der Waals surface area contributed by atoms with Crippen molar-refractivity contribution in [2.24, 2.45) is 0 Å². The number of nitrogens with two attached hydrogens (primary N) is 1. The summed E-state index contributed by atoms with van der Waals surface area (Å²) in [4.78, 5) is 65.0.